The molecule has 5 aromatic rings. The molecule has 0 atom stereocenters. The number of benzene rings is 3. The molecule has 0 saturated carbocycles. The summed E-state index contributed by atoms with van der Waals surface area (Å²) in [5.41, 5.74) is 0.662. The molecule has 2 aromatic heterocycles. The van der Waals surface area contributed by atoms with Gasteiger partial charge in [-0.1, -0.05) is 35.9 Å². The van der Waals surface area contributed by atoms with Crippen LogP contribution in [0.2, 0.25) is 0 Å². The number of allylic oxidation sites excluding steroid dienone is 2. The van der Waals surface area contributed by atoms with Gasteiger partial charge < -0.3 is 0 Å². The van der Waals surface area contributed by atoms with E-state index in [-0.39, 0.29) is 11.1 Å². The first-order valence-corrected chi connectivity index (χ1v) is 9.74. The van der Waals surface area contributed by atoms with Gasteiger partial charge in [-0.25, -0.2) is 0 Å². The van der Waals surface area contributed by atoms with Crippen molar-refractivity contribution in [3.05, 3.63) is 80.9 Å². The molecule has 0 aliphatic heterocycles. The average Bonchev–Trinajstić information content (AvgIpc) is 2.67. The van der Waals surface area contributed by atoms with Gasteiger partial charge >= 0.3 is 0 Å². The van der Waals surface area contributed by atoms with Crippen LogP contribution in [-0.2, 0) is 6.54 Å². The predicted octanol–water partition coefficient (Wildman–Crippen LogP) is 5.29. The maximum atomic E-state index is 13.1. The van der Waals surface area contributed by atoms with Crippen LogP contribution < -0.4 is 11.1 Å². The summed E-state index contributed by atoms with van der Waals surface area (Å²) in [6, 6.07) is 16.1. The van der Waals surface area contributed by atoms with Crippen LogP contribution in [0.3, 0.4) is 0 Å². The lowest BCUT2D eigenvalue weighted by molar-refractivity contribution is 0.758. The van der Waals surface area contributed by atoms with Gasteiger partial charge in [0.05, 0.1) is 0 Å². The van der Waals surface area contributed by atoms with E-state index in [0.717, 1.165) is 31.8 Å². The second-order valence-corrected chi connectivity index (χ2v) is 8.21. The van der Waals surface area contributed by atoms with Crippen molar-refractivity contribution >= 4 is 53.1 Å². The van der Waals surface area contributed by atoms with E-state index in [1.54, 1.807) is 11.3 Å². The molecule has 0 aliphatic rings. The van der Waals surface area contributed by atoms with Gasteiger partial charge in [-0.2, -0.15) is 0 Å². The molecule has 0 radical (unpaired) electrons. The van der Waals surface area contributed by atoms with E-state index in [2.05, 4.69) is 12.1 Å². The van der Waals surface area contributed by atoms with Gasteiger partial charge in [-0.15, -0.1) is 11.3 Å². The zero-order valence-electron chi connectivity index (χ0n) is 15.1. The summed E-state index contributed by atoms with van der Waals surface area (Å²) in [5.74, 6) is 0. The Bertz CT molecular complexity index is 1470. The number of fused-ring (bicyclic) bond motifs is 2. The fourth-order valence-corrected chi connectivity index (χ4v) is 4.97. The van der Waals surface area contributed by atoms with Crippen LogP contribution in [0.25, 0.3) is 41.7 Å². The van der Waals surface area contributed by atoms with Gasteiger partial charge in [0.2, 0.25) is 0 Å². The lowest BCUT2D eigenvalue weighted by Gasteiger charge is -2.13. The van der Waals surface area contributed by atoms with Crippen molar-refractivity contribution in [2.24, 2.45) is 0 Å². The Morgan fingerprint density at radius 3 is 2.22 bits per heavy atom. The van der Waals surface area contributed by atoms with E-state index in [0.29, 0.717) is 17.3 Å². The first kappa shape index (κ1) is 16.2. The van der Waals surface area contributed by atoms with Crippen molar-refractivity contribution in [2.45, 2.75) is 20.4 Å². The molecule has 3 nitrogen and oxygen atoms in total. The van der Waals surface area contributed by atoms with E-state index in [1.165, 1.54) is 9.27 Å². The predicted molar refractivity (Wildman–Crippen MR) is 115 cm³/mol. The van der Waals surface area contributed by atoms with Crippen LogP contribution in [-0.4, -0.2) is 4.57 Å². The molecule has 0 fully saturated rings. The highest BCUT2D eigenvalue weighted by Gasteiger charge is 2.17. The summed E-state index contributed by atoms with van der Waals surface area (Å²) in [5, 5.41) is 5.32. The molecule has 0 aliphatic carbocycles. The highest BCUT2D eigenvalue weighted by Crippen LogP contribution is 2.39. The molecule has 5 rings (SSSR count). The number of hydrogen-bond donors (Lipinski definition) is 0. The van der Waals surface area contributed by atoms with E-state index in [4.69, 9.17) is 0 Å². The second-order valence-electron chi connectivity index (χ2n) is 7.12. The van der Waals surface area contributed by atoms with Gasteiger partial charge in [0.1, 0.15) is 0 Å². The Morgan fingerprint density at radius 1 is 0.815 bits per heavy atom. The van der Waals surface area contributed by atoms with Crippen LogP contribution in [0.15, 0.2) is 69.8 Å². The monoisotopic (exact) mass is 371 g/mol. The Kier molecular flexibility index (Phi) is 3.46. The van der Waals surface area contributed by atoms with Crippen LogP contribution in [0.4, 0.5) is 0 Å². The minimum atomic E-state index is -0.211. The molecule has 0 bridgehead atoms. The molecule has 0 spiro atoms. The smallest absolute Gasteiger partial charge is 0.261 e. The lowest BCUT2D eigenvalue weighted by Crippen LogP contribution is -2.33. The third-order valence-electron chi connectivity index (χ3n) is 5.15. The Balaban J connectivity index is 2.02. The maximum absolute atomic E-state index is 13.1. The highest BCUT2D eigenvalue weighted by atomic mass is 32.1. The molecule has 0 saturated heterocycles. The third kappa shape index (κ3) is 2.26. The van der Waals surface area contributed by atoms with Crippen molar-refractivity contribution < 1.29 is 0 Å². The summed E-state index contributed by atoms with van der Waals surface area (Å²) in [7, 11) is 0. The molecule has 3 aromatic carbocycles. The van der Waals surface area contributed by atoms with Gasteiger partial charge in [0.25, 0.3) is 11.1 Å². The summed E-state index contributed by atoms with van der Waals surface area (Å²) >= 11 is 1.70. The molecule has 4 heteroatoms. The largest absolute Gasteiger partial charge is 0.270 e. The quantitative estimate of drug-likeness (QED) is 0.240. The molecular weight excluding hydrogens is 354 g/mol. The first-order chi connectivity index (χ1) is 13.1. The number of nitrogens with zero attached hydrogens (tertiary/aromatic N) is 1. The summed E-state index contributed by atoms with van der Waals surface area (Å²) in [4.78, 5) is 26.1. The van der Waals surface area contributed by atoms with Crippen molar-refractivity contribution in [2.75, 3.05) is 0 Å². The number of aromatic nitrogens is 1. The molecule has 27 heavy (non-hydrogen) atoms. The van der Waals surface area contributed by atoms with Gasteiger partial charge in [-0.3, -0.25) is 14.2 Å². The van der Waals surface area contributed by atoms with E-state index >= 15 is 0 Å². The van der Waals surface area contributed by atoms with Crippen LogP contribution in [0.1, 0.15) is 13.8 Å². The molecular formula is C23H17NO2S. The Morgan fingerprint density at radius 2 is 1.48 bits per heavy atom. The Labute approximate surface area is 159 Å². The number of pyridine rings is 1. The van der Waals surface area contributed by atoms with Crippen molar-refractivity contribution in [3.8, 4) is 0 Å². The minimum absolute atomic E-state index is 0.211. The van der Waals surface area contributed by atoms with Gasteiger partial charge in [0, 0.05) is 37.5 Å². The fourth-order valence-electron chi connectivity index (χ4n) is 3.85. The first-order valence-electron chi connectivity index (χ1n) is 8.93. The second kappa shape index (κ2) is 5.76. The number of hydrogen-bond acceptors (Lipinski definition) is 3. The highest BCUT2D eigenvalue weighted by molar-refractivity contribution is 7.25. The summed E-state index contributed by atoms with van der Waals surface area (Å²) in [6.07, 6.45) is 1.91. The van der Waals surface area contributed by atoms with Crippen molar-refractivity contribution in [1.82, 2.24) is 4.57 Å². The zero-order valence-corrected chi connectivity index (χ0v) is 15.9. The minimum Gasteiger partial charge on any atom is -0.270 e. The van der Waals surface area contributed by atoms with Crippen LogP contribution in [0, 0.1) is 0 Å². The van der Waals surface area contributed by atoms with Gasteiger partial charge in [0.15, 0.2) is 0 Å². The molecule has 0 N–H and O–H groups in total. The summed E-state index contributed by atoms with van der Waals surface area (Å²) < 4.78 is 3.64. The molecule has 2 heterocycles. The molecule has 0 unspecified atom stereocenters. The van der Waals surface area contributed by atoms with E-state index in [1.807, 2.05) is 56.3 Å². The van der Waals surface area contributed by atoms with E-state index < -0.39 is 0 Å². The third-order valence-corrected chi connectivity index (χ3v) is 6.29. The zero-order chi connectivity index (χ0) is 18.7. The summed E-state index contributed by atoms with van der Waals surface area (Å²) in [6.45, 7) is 4.24. The topological polar surface area (TPSA) is 39.1 Å². The van der Waals surface area contributed by atoms with Crippen molar-refractivity contribution in [1.29, 1.82) is 0 Å². The standard InChI is InChI=1S/C23H17NO2S/c1-13(2)11-12-24-22(25)16-8-7-15-14-5-3-4-6-18(14)27-19-10-9-17(23(24)26)20(16)21(15)19/h3-11H,12H2,1-2H3. The molecule has 132 valence electrons. The SMILES string of the molecule is CC(C)=CCn1c(=O)c2ccc3sc4ccccc4c4ccc(c1=O)c2c34. The fraction of sp³-hybridized carbons (Fsp3) is 0.130. The van der Waals surface area contributed by atoms with Crippen molar-refractivity contribution in [3.63, 3.8) is 0 Å². The number of rotatable bonds is 2. The Hall–Kier alpha value is -2.98. The van der Waals surface area contributed by atoms with Crippen LogP contribution >= 0.6 is 11.3 Å². The lowest BCUT2D eigenvalue weighted by atomic mass is 9.98. The van der Waals surface area contributed by atoms with Gasteiger partial charge in [-0.05, 0) is 48.9 Å². The average molecular weight is 371 g/mol. The maximum Gasteiger partial charge on any atom is 0.261 e. The molecule has 0 amide bonds. The normalized spacial score (nSPS) is 11.8. The van der Waals surface area contributed by atoms with Crippen LogP contribution in [0.5, 0.6) is 0 Å². The van der Waals surface area contributed by atoms with E-state index in [9.17, 15) is 9.59 Å².